The SMILES string of the molecule is CC(C)C(C)NC1CCNCC1C. The minimum absolute atomic E-state index is 0.644. The van der Waals surface area contributed by atoms with Crippen LogP contribution in [0.15, 0.2) is 0 Å². The van der Waals surface area contributed by atoms with Crippen LogP contribution in [0.4, 0.5) is 0 Å². The van der Waals surface area contributed by atoms with Crippen molar-refractivity contribution in [2.24, 2.45) is 11.8 Å². The first kappa shape index (κ1) is 11.0. The summed E-state index contributed by atoms with van der Waals surface area (Å²) in [6, 6.07) is 1.36. The number of hydrogen-bond acceptors (Lipinski definition) is 2. The fourth-order valence-electron chi connectivity index (χ4n) is 1.79. The lowest BCUT2D eigenvalue weighted by Crippen LogP contribution is -2.50. The maximum Gasteiger partial charge on any atom is 0.0119 e. The maximum atomic E-state index is 3.73. The van der Waals surface area contributed by atoms with Gasteiger partial charge in [-0.25, -0.2) is 0 Å². The van der Waals surface area contributed by atoms with Crippen molar-refractivity contribution in [1.29, 1.82) is 0 Å². The second kappa shape index (κ2) is 4.97. The molecule has 13 heavy (non-hydrogen) atoms. The van der Waals surface area contributed by atoms with Crippen LogP contribution in [0.1, 0.15) is 34.1 Å². The van der Waals surface area contributed by atoms with Crippen LogP contribution in [0, 0.1) is 11.8 Å². The smallest absolute Gasteiger partial charge is 0.0119 e. The third kappa shape index (κ3) is 3.28. The maximum absolute atomic E-state index is 3.73. The summed E-state index contributed by atoms with van der Waals surface area (Å²) in [7, 11) is 0. The molecule has 0 aromatic carbocycles. The Morgan fingerprint density at radius 3 is 2.54 bits per heavy atom. The predicted molar refractivity (Wildman–Crippen MR) is 57.9 cm³/mol. The Morgan fingerprint density at radius 2 is 2.00 bits per heavy atom. The van der Waals surface area contributed by atoms with E-state index in [0.717, 1.165) is 17.9 Å². The van der Waals surface area contributed by atoms with Gasteiger partial charge in [0, 0.05) is 12.1 Å². The highest BCUT2D eigenvalue weighted by atomic mass is 15.0. The summed E-state index contributed by atoms with van der Waals surface area (Å²) >= 11 is 0. The van der Waals surface area contributed by atoms with Gasteiger partial charge in [-0.05, 0) is 38.3 Å². The van der Waals surface area contributed by atoms with Gasteiger partial charge in [0.1, 0.15) is 0 Å². The predicted octanol–water partition coefficient (Wildman–Crippen LogP) is 1.62. The zero-order chi connectivity index (χ0) is 9.84. The largest absolute Gasteiger partial charge is 0.316 e. The van der Waals surface area contributed by atoms with Crippen LogP contribution in [0.5, 0.6) is 0 Å². The van der Waals surface area contributed by atoms with E-state index in [0.29, 0.717) is 6.04 Å². The van der Waals surface area contributed by atoms with Crippen molar-refractivity contribution >= 4 is 0 Å². The highest BCUT2D eigenvalue weighted by Crippen LogP contribution is 2.13. The molecule has 2 N–H and O–H groups in total. The van der Waals surface area contributed by atoms with E-state index < -0.39 is 0 Å². The van der Waals surface area contributed by atoms with E-state index in [1.807, 2.05) is 0 Å². The molecule has 1 heterocycles. The molecule has 78 valence electrons. The van der Waals surface area contributed by atoms with Crippen LogP contribution < -0.4 is 10.6 Å². The molecule has 1 fully saturated rings. The number of rotatable bonds is 3. The van der Waals surface area contributed by atoms with E-state index in [-0.39, 0.29) is 0 Å². The van der Waals surface area contributed by atoms with Crippen molar-refractivity contribution in [3.8, 4) is 0 Å². The van der Waals surface area contributed by atoms with Crippen molar-refractivity contribution in [1.82, 2.24) is 10.6 Å². The third-order valence-electron chi connectivity index (χ3n) is 3.26. The summed E-state index contributed by atoms with van der Waals surface area (Å²) in [5.74, 6) is 1.51. The van der Waals surface area contributed by atoms with Crippen LogP contribution in [0.25, 0.3) is 0 Å². The first-order valence-electron chi connectivity index (χ1n) is 5.58. The van der Waals surface area contributed by atoms with Gasteiger partial charge in [-0.2, -0.15) is 0 Å². The molecule has 2 nitrogen and oxygen atoms in total. The lowest BCUT2D eigenvalue weighted by molar-refractivity contribution is 0.256. The highest BCUT2D eigenvalue weighted by molar-refractivity contribution is 4.83. The summed E-state index contributed by atoms with van der Waals surface area (Å²) in [6.07, 6.45) is 1.28. The summed E-state index contributed by atoms with van der Waals surface area (Å²) in [5, 5.41) is 7.15. The van der Waals surface area contributed by atoms with Crippen molar-refractivity contribution in [2.45, 2.75) is 46.2 Å². The minimum atomic E-state index is 0.644. The second-order valence-electron chi connectivity index (χ2n) is 4.78. The van der Waals surface area contributed by atoms with Gasteiger partial charge in [-0.3, -0.25) is 0 Å². The van der Waals surface area contributed by atoms with Gasteiger partial charge in [-0.15, -0.1) is 0 Å². The molecular weight excluding hydrogens is 160 g/mol. The number of piperidine rings is 1. The van der Waals surface area contributed by atoms with E-state index in [1.54, 1.807) is 0 Å². The monoisotopic (exact) mass is 184 g/mol. The van der Waals surface area contributed by atoms with Crippen molar-refractivity contribution in [3.05, 3.63) is 0 Å². The van der Waals surface area contributed by atoms with Gasteiger partial charge >= 0.3 is 0 Å². The first-order valence-corrected chi connectivity index (χ1v) is 5.58. The molecule has 0 aromatic heterocycles. The van der Waals surface area contributed by atoms with Gasteiger partial charge in [0.2, 0.25) is 0 Å². The lowest BCUT2D eigenvalue weighted by atomic mass is 9.93. The van der Waals surface area contributed by atoms with Crippen molar-refractivity contribution < 1.29 is 0 Å². The van der Waals surface area contributed by atoms with E-state index in [9.17, 15) is 0 Å². The molecule has 0 spiro atoms. The summed E-state index contributed by atoms with van der Waals surface area (Å²) in [6.45, 7) is 11.5. The van der Waals surface area contributed by atoms with E-state index >= 15 is 0 Å². The normalized spacial score (nSPS) is 32.1. The second-order valence-corrected chi connectivity index (χ2v) is 4.78. The fraction of sp³-hybridized carbons (Fsp3) is 1.00. The van der Waals surface area contributed by atoms with Crippen LogP contribution in [0.3, 0.4) is 0 Å². The highest BCUT2D eigenvalue weighted by Gasteiger charge is 2.22. The standard InChI is InChI=1S/C11H24N2/c1-8(2)10(4)13-11-5-6-12-7-9(11)3/h8-13H,5-7H2,1-4H3. The zero-order valence-corrected chi connectivity index (χ0v) is 9.43. The summed E-state index contributed by atoms with van der Waals surface area (Å²) < 4.78 is 0. The Morgan fingerprint density at radius 1 is 1.31 bits per heavy atom. The summed E-state index contributed by atoms with van der Waals surface area (Å²) in [4.78, 5) is 0. The molecule has 1 saturated heterocycles. The molecule has 3 unspecified atom stereocenters. The minimum Gasteiger partial charge on any atom is -0.316 e. The molecule has 1 aliphatic rings. The average Bonchev–Trinajstić information content (AvgIpc) is 2.08. The van der Waals surface area contributed by atoms with Crippen molar-refractivity contribution in [2.75, 3.05) is 13.1 Å². The Hall–Kier alpha value is -0.0800. The molecule has 2 heteroatoms. The van der Waals surface area contributed by atoms with Gasteiger partial charge in [-0.1, -0.05) is 20.8 Å². The van der Waals surface area contributed by atoms with Crippen LogP contribution >= 0.6 is 0 Å². The molecule has 1 rings (SSSR count). The summed E-state index contributed by atoms with van der Waals surface area (Å²) in [5.41, 5.74) is 0. The van der Waals surface area contributed by atoms with Gasteiger partial charge in [0.05, 0.1) is 0 Å². The van der Waals surface area contributed by atoms with E-state index in [4.69, 9.17) is 0 Å². The Kier molecular flexibility index (Phi) is 4.20. The Balaban J connectivity index is 2.33. The molecule has 1 aliphatic heterocycles. The van der Waals surface area contributed by atoms with Crippen molar-refractivity contribution in [3.63, 3.8) is 0 Å². The average molecular weight is 184 g/mol. The Bertz CT molecular complexity index is 145. The molecule has 0 bridgehead atoms. The number of hydrogen-bond donors (Lipinski definition) is 2. The number of nitrogens with one attached hydrogen (secondary N) is 2. The van der Waals surface area contributed by atoms with E-state index in [2.05, 4.69) is 38.3 Å². The molecule has 3 atom stereocenters. The Labute approximate surface area is 82.5 Å². The third-order valence-corrected chi connectivity index (χ3v) is 3.26. The van der Waals surface area contributed by atoms with Crippen LogP contribution in [0.2, 0.25) is 0 Å². The fourth-order valence-corrected chi connectivity index (χ4v) is 1.79. The molecule has 0 aliphatic carbocycles. The molecular formula is C11H24N2. The molecule has 0 amide bonds. The topological polar surface area (TPSA) is 24.1 Å². The molecule has 0 saturated carbocycles. The lowest BCUT2D eigenvalue weighted by Gasteiger charge is -2.33. The first-order chi connectivity index (χ1) is 6.11. The quantitative estimate of drug-likeness (QED) is 0.696. The van der Waals surface area contributed by atoms with Crippen LogP contribution in [-0.2, 0) is 0 Å². The van der Waals surface area contributed by atoms with Gasteiger partial charge in [0.25, 0.3) is 0 Å². The van der Waals surface area contributed by atoms with E-state index in [1.165, 1.54) is 19.5 Å². The molecule has 0 radical (unpaired) electrons. The zero-order valence-electron chi connectivity index (χ0n) is 9.43. The molecule has 0 aromatic rings. The van der Waals surface area contributed by atoms with Gasteiger partial charge < -0.3 is 10.6 Å². The van der Waals surface area contributed by atoms with Gasteiger partial charge in [0.15, 0.2) is 0 Å². The van der Waals surface area contributed by atoms with Crippen LogP contribution in [-0.4, -0.2) is 25.2 Å².